The van der Waals surface area contributed by atoms with Crippen molar-refractivity contribution >= 4 is 38.5 Å². The van der Waals surface area contributed by atoms with Crippen LogP contribution < -0.4 is 0 Å². The van der Waals surface area contributed by atoms with Crippen molar-refractivity contribution in [1.29, 1.82) is 0 Å². The maximum Gasteiger partial charge on any atom is 0.178 e. The summed E-state index contributed by atoms with van der Waals surface area (Å²) in [6.45, 7) is 0. The average Bonchev–Trinajstić information content (AvgIpc) is 3.58. The molecule has 7 aromatic rings. The van der Waals surface area contributed by atoms with Gasteiger partial charge >= 0.3 is 0 Å². The fourth-order valence-electron chi connectivity index (χ4n) is 6.49. The van der Waals surface area contributed by atoms with Crippen LogP contribution in [0.1, 0.15) is 22.3 Å². The van der Waals surface area contributed by atoms with Crippen LogP contribution in [0, 0.1) is 0 Å². The summed E-state index contributed by atoms with van der Waals surface area (Å²) in [5.74, 6) is 0. The third-order valence-corrected chi connectivity index (χ3v) is 7.94. The van der Waals surface area contributed by atoms with Gasteiger partial charge in [0.2, 0.25) is 0 Å². The summed E-state index contributed by atoms with van der Waals surface area (Å²) in [6.07, 6.45) is 7.62. The predicted octanol–water partition coefficient (Wildman–Crippen LogP) is 6.73. The molecule has 0 N–H and O–H groups in total. The zero-order valence-electron chi connectivity index (χ0n) is 18.8. The van der Waals surface area contributed by atoms with Crippen molar-refractivity contribution in [3.63, 3.8) is 0 Å². The van der Waals surface area contributed by atoms with Crippen LogP contribution in [0.4, 0.5) is 0 Å². The third-order valence-electron chi connectivity index (χ3n) is 7.94. The molecule has 0 amide bonds. The Bertz CT molecular complexity index is 2070. The molecule has 0 unspecified atom stereocenters. The molecule has 0 saturated heterocycles. The van der Waals surface area contributed by atoms with E-state index in [0.29, 0.717) is 0 Å². The van der Waals surface area contributed by atoms with Crippen LogP contribution >= 0.6 is 0 Å². The highest BCUT2D eigenvalue weighted by Crippen LogP contribution is 2.50. The van der Waals surface area contributed by atoms with Gasteiger partial charge in [-0.2, -0.15) is 0 Å². The monoisotopic (exact) mass is 446 g/mol. The van der Waals surface area contributed by atoms with E-state index in [1.807, 2.05) is 24.7 Å². The number of benzene rings is 3. The van der Waals surface area contributed by atoms with E-state index >= 15 is 0 Å². The fraction of sp³-hybridized carbons (Fsp3) is 0.0645. The van der Waals surface area contributed by atoms with Gasteiger partial charge in [-0.25, -0.2) is 9.97 Å². The van der Waals surface area contributed by atoms with E-state index in [4.69, 9.17) is 4.98 Å². The van der Waals surface area contributed by atoms with Gasteiger partial charge in [0.25, 0.3) is 0 Å². The van der Waals surface area contributed by atoms with Crippen molar-refractivity contribution in [2.75, 3.05) is 0 Å². The number of rotatable bonds is 0. The standard InChI is InChI=1S/C31H18N4/c1-2-5-21-17(4-1)12-18-7-8-19-13-20-14-25-24(15-23(20)29(19)28(18)21)22-9-11-32-16-27(22)35-26-6-3-10-33-30(26)34-31(25)35/h1-11,14-16H,12-13H2. The lowest BCUT2D eigenvalue weighted by atomic mass is 9.92. The molecule has 0 fully saturated rings. The minimum Gasteiger partial charge on any atom is -0.288 e. The number of aromatic nitrogens is 4. The lowest BCUT2D eigenvalue weighted by Gasteiger charge is -2.13. The van der Waals surface area contributed by atoms with Crippen LogP contribution in [0.25, 0.3) is 60.7 Å². The second-order valence-corrected chi connectivity index (χ2v) is 9.71. The van der Waals surface area contributed by atoms with Gasteiger partial charge in [0, 0.05) is 23.2 Å². The molecule has 4 aromatic heterocycles. The first-order valence-electron chi connectivity index (χ1n) is 12.0. The maximum absolute atomic E-state index is 4.98. The minimum absolute atomic E-state index is 0.767. The molecule has 3 aromatic carbocycles. The zero-order valence-corrected chi connectivity index (χ0v) is 18.8. The van der Waals surface area contributed by atoms with Gasteiger partial charge in [-0.1, -0.05) is 36.4 Å². The summed E-state index contributed by atoms with van der Waals surface area (Å²) in [7, 11) is 0. The Balaban J connectivity index is 1.44. The molecule has 2 aliphatic rings. The molecule has 0 saturated carbocycles. The Labute approximate surface area is 200 Å². The molecule has 0 atom stereocenters. The Morgan fingerprint density at radius 2 is 1.49 bits per heavy atom. The first-order valence-corrected chi connectivity index (χ1v) is 12.0. The van der Waals surface area contributed by atoms with Gasteiger partial charge in [0.15, 0.2) is 5.65 Å². The van der Waals surface area contributed by atoms with Crippen molar-refractivity contribution in [3.05, 3.63) is 108 Å². The number of imidazole rings is 1. The second kappa shape index (κ2) is 6.10. The van der Waals surface area contributed by atoms with Crippen molar-refractivity contribution in [3.8, 4) is 22.3 Å². The summed E-state index contributed by atoms with van der Waals surface area (Å²) in [6, 6.07) is 24.5. The van der Waals surface area contributed by atoms with E-state index in [0.717, 1.165) is 35.2 Å². The van der Waals surface area contributed by atoms with Gasteiger partial charge in [-0.05, 0) is 93.1 Å². The van der Waals surface area contributed by atoms with Gasteiger partial charge in [-0.3, -0.25) is 9.38 Å². The SMILES string of the molecule is c1ccc2c(c1)Cc1ccc3c(c1-2)-c1cc2c4ccncc4n4c5cccnc5nc4c2cc1C3. The molecule has 9 rings (SSSR count). The molecule has 4 heterocycles. The molecule has 0 bridgehead atoms. The number of hydrogen-bond acceptors (Lipinski definition) is 3. The number of fused-ring (bicyclic) bond motifs is 15. The van der Waals surface area contributed by atoms with Crippen LogP contribution in [-0.2, 0) is 12.8 Å². The zero-order chi connectivity index (χ0) is 22.7. The van der Waals surface area contributed by atoms with Gasteiger partial charge in [0.1, 0.15) is 5.65 Å². The van der Waals surface area contributed by atoms with Crippen LogP contribution in [0.5, 0.6) is 0 Å². The highest BCUT2D eigenvalue weighted by Gasteiger charge is 2.29. The van der Waals surface area contributed by atoms with Crippen LogP contribution in [0.2, 0.25) is 0 Å². The van der Waals surface area contributed by atoms with Crippen molar-refractivity contribution < 1.29 is 0 Å². The normalized spacial score (nSPS) is 13.5. The number of hydrogen-bond donors (Lipinski definition) is 0. The molecule has 0 radical (unpaired) electrons. The lowest BCUT2D eigenvalue weighted by molar-refractivity contribution is 1.23. The van der Waals surface area contributed by atoms with Crippen LogP contribution in [0.3, 0.4) is 0 Å². The van der Waals surface area contributed by atoms with E-state index in [9.17, 15) is 0 Å². The Hall–Kier alpha value is -4.57. The van der Waals surface area contributed by atoms with E-state index in [1.165, 1.54) is 60.7 Å². The summed E-state index contributed by atoms with van der Waals surface area (Å²) >= 11 is 0. The van der Waals surface area contributed by atoms with Gasteiger partial charge in [-0.15, -0.1) is 0 Å². The molecule has 35 heavy (non-hydrogen) atoms. The fourth-order valence-corrected chi connectivity index (χ4v) is 6.49. The molecule has 4 heteroatoms. The van der Waals surface area contributed by atoms with E-state index in [1.54, 1.807) is 0 Å². The highest BCUT2D eigenvalue weighted by molar-refractivity contribution is 6.15. The molecule has 0 aliphatic heterocycles. The van der Waals surface area contributed by atoms with Crippen molar-refractivity contribution in [1.82, 2.24) is 19.4 Å². The second-order valence-electron chi connectivity index (χ2n) is 9.71. The van der Waals surface area contributed by atoms with Gasteiger partial charge in [0.05, 0.1) is 17.2 Å². The summed E-state index contributed by atoms with van der Waals surface area (Å²) in [4.78, 5) is 14.0. The molecular weight excluding hydrogens is 428 g/mol. The molecule has 162 valence electrons. The van der Waals surface area contributed by atoms with E-state index in [-0.39, 0.29) is 0 Å². The van der Waals surface area contributed by atoms with Crippen molar-refractivity contribution in [2.24, 2.45) is 0 Å². The lowest BCUT2D eigenvalue weighted by Crippen LogP contribution is -1.94. The predicted molar refractivity (Wildman–Crippen MR) is 140 cm³/mol. The minimum atomic E-state index is 0.767. The van der Waals surface area contributed by atoms with E-state index in [2.05, 4.69) is 75.0 Å². The Morgan fingerprint density at radius 3 is 2.43 bits per heavy atom. The molecular formula is C31H18N4. The Kier molecular flexibility index (Phi) is 3.11. The highest BCUT2D eigenvalue weighted by atomic mass is 15.1. The summed E-state index contributed by atoms with van der Waals surface area (Å²) in [5, 5.41) is 3.58. The number of pyridine rings is 3. The first-order chi connectivity index (χ1) is 17.3. The largest absolute Gasteiger partial charge is 0.288 e. The Morgan fingerprint density at radius 1 is 0.629 bits per heavy atom. The number of nitrogens with zero attached hydrogens (tertiary/aromatic N) is 4. The van der Waals surface area contributed by atoms with Crippen LogP contribution in [0.15, 0.2) is 85.3 Å². The first kappa shape index (κ1) is 17.8. The van der Waals surface area contributed by atoms with Crippen molar-refractivity contribution in [2.45, 2.75) is 12.8 Å². The summed E-state index contributed by atoms with van der Waals surface area (Å²) in [5.41, 5.74) is 15.1. The molecule has 0 spiro atoms. The van der Waals surface area contributed by atoms with E-state index < -0.39 is 0 Å². The maximum atomic E-state index is 4.98. The quantitative estimate of drug-likeness (QED) is 0.243. The summed E-state index contributed by atoms with van der Waals surface area (Å²) < 4.78 is 2.22. The van der Waals surface area contributed by atoms with Gasteiger partial charge < -0.3 is 0 Å². The third kappa shape index (κ3) is 2.15. The topological polar surface area (TPSA) is 43.1 Å². The average molecular weight is 447 g/mol. The van der Waals surface area contributed by atoms with Crippen LogP contribution in [-0.4, -0.2) is 19.4 Å². The molecule has 4 nitrogen and oxygen atoms in total. The smallest absolute Gasteiger partial charge is 0.178 e. The molecule has 2 aliphatic carbocycles.